The predicted octanol–water partition coefficient (Wildman–Crippen LogP) is 3.61. The van der Waals surface area contributed by atoms with E-state index in [9.17, 15) is 53.1 Å². The summed E-state index contributed by atoms with van der Waals surface area (Å²) in [5.74, 6) is -16.1. The first-order valence-corrected chi connectivity index (χ1v) is 4.19. The number of Topliss-reactive ketones (excluding diaryl/α,β-unsaturated/α-hetero) is 1. The summed E-state index contributed by atoms with van der Waals surface area (Å²) in [7, 11) is 0. The van der Waals surface area contributed by atoms with Crippen molar-refractivity contribution in [1.82, 2.24) is 0 Å². The first-order chi connectivity index (χ1) is 8.40. The number of alkyl halides is 11. The van der Waals surface area contributed by atoms with Crippen LogP contribution in [0.4, 0.5) is 48.3 Å². The fourth-order valence-electron chi connectivity index (χ4n) is 0.735. The van der Waals surface area contributed by atoms with Crippen LogP contribution in [0.15, 0.2) is 0 Å². The van der Waals surface area contributed by atoms with Crippen LogP contribution in [0, 0.1) is 0 Å². The standard InChI is InChI=1S/C7H3F11O2/c1-2(19)3(8,5(11,12)13)20-7(17,18)4(9,10)6(14,15)16/h1H3. The monoisotopic (exact) mass is 328 g/mol. The van der Waals surface area contributed by atoms with Crippen molar-refractivity contribution in [3.05, 3.63) is 0 Å². The van der Waals surface area contributed by atoms with Gasteiger partial charge in [0.1, 0.15) is 0 Å². The van der Waals surface area contributed by atoms with E-state index in [1.54, 1.807) is 0 Å². The van der Waals surface area contributed by atoms with E-state index in [0.29, 0.717) is 0 Å². The third-order valence-electron chi connectivity index (χ3n) is 1.81. The minimum atomic E-state index is -7.15. The summed E-state index contributed by atoms with van der Waals surface area (Å²) in [5, 5.41) is 0. The second-order valence-corrected chi connectivity index (χ2v) is 3.34. The Morgan fingerprint density at radius 3 is 1.30 bits per heavy atom. The summed E-state index contributed by atoms with van der Waals surface area (Å²) in [5.41, 5.74) is 0. The summed E-state index contributed by atoms with van der Waals surface area (Å²) in [6.45, 7) is -0.324. The molecule has 0 saturated carbocycles. The fraction of sp³-hybridized carbons (Fsp3) is 0.857. The lowest BCUT2D eigenvalue weighted by Gasteiger charge is -2.33. The Hall–Kier alpha value is -1.14. The quantitative estimate of drug-likeness (QED) is 0.737. The lowest BCUT2D eigenvalue weighted by atomic mass is 10.2. The molecule has 20 heavy (non-hydrogen) atoms. The summed E-state index contributed by atoms with van der Waals surface area (Å²) < 4.78 is 135. The van der Waals surface area contributed by atoms with Crippen molar-refractivity contribution in [2.24, 2.45) is 0 Å². The van der Waals surface area contributed by atoms with Crippen LogP contribution in [0.1, 0.15) is 6.92 Å². The van der Waals surface area contributed by atoms with Crippen LogP contribution in [0.2, 0.25) is 0 Å². The number of ketones is 1. The molecule has 0 aliphatic rings. The highest BCUT2D eigenvalue weighted by atomic mass is 19.4. The molecule has 0 N–H and O–H groups in total. The van der Waals surface area contributed by atoms with E-state index in [-0.39, 0.29) is 6.92 Å². The molecule has 1 unspecified atom stereocenters. The zero-order valence-electron chi connectivity index (χ0n) is 8.97. The van der Waals surface area contributed by atoms with Crippen LogP contribution in [0.5, 0.6) is 0 Å². The minimum absolute atomic E-state index is 0.324. The van der Waals surface area contributed by atoms with Gasteiger partial charge in [-0.25, -0.2) is 0 Å². The van der Waals surface area contributed by atoms with Crippen molar-refractivity contribution in [2.75, 3.05) is 0 Å². The van der Waals surface area contributed by atoms with Crippen LogP contribution < -0.4 is 0 Å². The molecule has 0 spiro atoms. The second kappa shape index (κ2) is 4.70. The molecular weight excluding hydrogens is 325 g/mol. The predicted molar refractivity (Wildman–Crippen MR) is 37.6 cm³/mol. The SMILES string of the molecule is CC(=O)C(F)(OC(F)(F)C(F)(F)C(F)(F)F)C(F)(F)F. The molecule has 0 aromatic carbocycles. The molecule has 120 valence electrons. The second-order valence-electron chi connectivity index (χ2n) is 3.34. The van der Waals surface area contributed by atoms with Gasteiger partial charge in [0.25, 0.3) is 0 Å². The molecule has 0 fully saturated rings. The van der Waals surface area contributed by atoms with Gasteiger partial charge in [-0.1, -0.05) is 0 Å². The number of carbonyl (C=O) groups is 1. The van der Waals surface area contributed by atoms with E-state index in [2.05, 4.69) is 0 Å². The summed E-state index contributed by atoms with van der Waals surface area (Å²) >= 11 is 0. The lowest BCUT2D eigenvalue weighted by molar-refractivity contribution is -0.472. The zero-order chi connectivity index (χ0) is 16.8. The van der Waals surface area contributed by atoms with Gasteiger partial charge >= 0.3 is 30.2 Å². The number of hydrogen-bond donors (Lipinski definition) is 0. The average molecular weight is 328 g/mol. The van der Waals surface area contributed by atoms with Gasteiger partial charge in [-0.15, -0.1) is 0 Å². The first-order valence-electron chi connectivity index (χ1n) is 4.19. The molecule has 0 aromatic heterocycles. The van der Waals surface area contributed by atoms with E-state index in [4.69, 9.17) is 0 Å². The van der Waals surface area contributed by atoms with E-state index >= 15 is 0 Å². The molecule has 13 heteroatoms. The van der Waals surface area contributed by atoms with Crippen molar-refractivity contribution in [3.8, 4) is 0 Å². The average Bonchev–Trinajstić information content (AvgIpc) is 2.12. The van der Waals surface area contributed by atoms with Gasteiger partial charge in [0.15, 0.2) is 0 Å². The maximum atomic E-state index is 13.0. The zero-order valence-corrected chi connectivity index (χ0v) is 8.97. The molecule has 0 amide bonds. The fourth-order valence-corrected chi connectivity index (χ4v) is 0.735. The van der Waals surface area contributed by atoms with Crippen LogP contribution >= 0.6 is 0 Å². The highest BCUT2D eigenvalue weighted by molar-refractivity contribution is 5.84. The Morgan fingerprint density at radius 2 is 1.10 bits per heavy atom. The van der Waals surface area contributed by atoms with Crippen molar-refractivity contribution in [1.29, 1.82) is 0 Å². The molecule has 0 saturated heterocycles. The highest BCUT2D eigenvalue weighted by Crippen LogP contribution is 2.51. The molecule has 0 aliphatic carbocycles. The maximum absolute atomic E-state index is 13.0. The van der Waals surface area contributed by atoms with Gasteiger partial charge in [0.05, 0.1) is 0 Å². The Morgan fingerprint density at radius 1 is 0.750 bits per heavy atom. The van der Waals surface area contributed by atoms with E-state index in [1.165, 1.54) is 0 Å². The molecule has 0 bridgehead atoms. The molecule has 1 atom stereocenters. The number of ether oxygens (including phenoxy) is 1. The molecule has 0 rings (SSSR count). The van der Waals surface area contributed by atoms with Gasteiger partial charge in [-0.2, -0.15) is 48.3 Å². The maximum Gasteiger partial charge on any atom is 0.462 e. The first kappa shape index (κ1) is 18.9. The van der Waals surface area contributed by atoms with Gasteiger partial charge in [-0.05, 0) is 0 Å². The number of halogens is 11. The minimum Gasteiger partial charge on any atom is -0.293 e. The van der Waals surface area contributed by atoms with E-state index < -0.39 is 36.0 Å². The molecule has 0 aromatic rings. The molecule has 0 aliphatic heterocycles. The van der Waals surface area contributed by atoms with Gasteiger partial charge in [-0.3, -0.25) is 9.53 Å². The van der Waals surface area contributed by atoms with Gasteiger partial charge in [0, 0.05) is 6.92 Å². The molecule has 2 nitrogen and oxygen atoms in total. The van der Waals surface area contributed by atoms with Crippen LogP contribution in [-0.2, 0) is 9.53 Å². The third kappa shape index (κ3) is 2.96. The van der Waals surface area contributed by atoms with E-state index in [0.717, 1.165) is 0 Å². The Kier molecular flexibility index (Phi) is 4.43. The van der Waals surface area contributed by atoms with Crippen molar-refractivity contribution < 1.29 is 57.8 Å². The van der Waals surface area contributed by atoms with Gasteiger partial charge < -0.3 is 0 Å². The van der Waals surface area contributed by atoms with Crippen molar-refractivity contribution >= 4 is 5.78 Å². The third-order valence-corrected chi connectivity index (χ3v) is 1.81. The van der Waals surface area contributed by atoms with Gasteiger partial charge in [0.2, 0.25) is 5.78 Å². The molecule has 0 radical (unpaired) electrons. The smallest absolute Gasteiger partial charge is 0.293 e. The Bertz CT molecular complexity index is 381. The largest absolute Gasteiger partial charge is 0.462 e. The number of carbonyl (C=O) groups excluding carboxylic acids is 1. The van der Waals surface area contributed by atoms with Crippen molar-refractivity contribution in [2.45, 2.75) is 37.2 Å². The summed E-state index contributed by atoms with van der Waals surface area (Å²) in [6, 6.07) is 0. The Labute approximate surface area is 102 Å². The normalized spacial score (nSPS) is 17.8. The summed E-state index contributed by atoms with van der Waals surface area (Å²) in [4.78, 5) is 10.3. The summed E-state index contributed by atoms with van der Waals surface area (Å²) in [6.07, 6.45) is -20.6. The van der Waals surface area contributed by atoms with E-state index in [1.807, 2.05) is 4.74 Å². The molecular formula is C7H3F11O2. The van der Waals surface area contributed by atoms with Crippen LogP contribution in [-0.4, -0.2) is 36.0 Å². The highest BCUT2D eigenvalue weighted by Gasteiger charge is 2.79. The topological polar surface area (TPSA) is 26.3 Å². The lowest BCUT2D eigenvalue weighted by Crippen LogP contribution is -2.61. The van der Waals surface area contributed by atoms with Crippen molar-refractivity contribution in [3.63, 3.8) is 0 Å². The van der Waals surface area contributed by atoms with Crippen LogP contribution in [0.25, 0.3) is 0 Å². The molecule has 0 heterocycles. The van der Waals surface area contributed by atoms with Crippen LogP contribution in [0.3, 0.4) is 0 Å². The number of rotatable bonds is 4. The Balaban J connectivity index is 5.73. The number of hydrogen-bond acceptors (Lipinski definition) is 2.